The van der Waals surface area contributed by atoms with E-state index in [2.05, 4.69) is 42.5 Å². The van der Waals surface area contributed by atoms with E-state index in [1.165, 1.54) is 0 Å². The monoisotopic (exact) mass is 581 g/mol. The van der Waals surface area contributed by atoms with Crippen molar-refractivity contribution < 1.29 is 17.1 Å². The van der Waals surface area contributed by atoms with Gasteiger partial charge in [-0.05, 0) is 70.7 Å². The SMILES string of the molecule is [2H]c1c([2H])c([2H])c2c(c1[2H])c1c([2H])c([2H])c3c4ccccc4oc3c1n2-c1ccc(-c2ccc(-c3ccc4oc5ccccc5c4c3)cc2)cc1. The number of nitrogens with zero attached hydrogens (tertiary/aromatic N) is 1. The third kappa shape index (κ3) is 3.58. The zero-order chi connectivity index (χ0) is 34.7. The first kappa shape index (κ1) is 19.3. The van der Waals surface area contributed by atoms with Gasteiger partial charge in [0.25, 0.3) is 0 Å². The zero-order valence-electron chi connectivity index (χ0n) is 29.7. The van der Waals surface area contributed by atoms with Crippen molar-refractivity contribution in [1.29, 1.82) is 0 Å². The molecule has 3 heteroatoms. The molecule has 10 rings (SSSR count). The number of furan rings is 2. The molecule has 210 valence electrons. The smallest absolute Gasteiger partial charge is 0.160 e. The van der Waals surface area contributed by atoms with Crippen LogP contribution in [0.15, 0.2) is 160 Å². The molecule has 0 N–H and O–H groups in total. The van der Waals surface area contributed by atoms with Gasteiger partial charge in [0.2, 0.25) is 0 Å². The Kier molecular flexibility index (Phi) is 3.95. The Balaban J connectivity index is 1.13. The van der Waals surface area contributed by atoms with Gasteiger partial charge in [-0.3, -0.25) is 0 Å². The number of para-hydroxylation sites is 3. The fourth-order valence-corrected chi connectivity index (χ4v) is 6.62. The van der Waals surface area contributed by atoms with Crippen LogP contribution in [0, 0.1) is 0 Å². The molecule has 0 fully saturated rings. The number of hydrogen-bond acceptors (Lipinski definition) is 2. The van der Waals surface area contributed by atoms with Crippen LogP contribution in [0.5, 0.6) is 0 Å². The maximum absolute atomic E-state index is 9.13. The summed E-state index contributed by atoms with van der Waals surface area (Å²) in [4.78, 5) is 0. The van der Waals surface area contributed by atoms with E-state index >= 15 is 0 Å². The third-order valence-corrected chi connectivity index (χ3v) is 8.78. The van der Waals surface area contributed by atoms with Crippen molar-refractivity contribution in [1.82, 2.24) is 4.57 Å². The molecule has 0 aliphatic heterocycles. The number of benzene rings is 7. The molecule has 0 saturated heterocycles. The van der Waals surface area contributed by atoms with Gasteiger partial charge in [-0.2, -0.15) is 0 Å². The highest BCUT2D eigenvalue weighted by molar-refractivity contribution is 6.21. The molecular weight excluding hydrogens is 550 g/mol. The molecule has 0 unspecified atom stereocenters. The van der Waals surface area contributed by atoms with Crippen LogP contribution in [-0.4, -0.2) is 4.57 Å². The summed E-state index contributed by atoms with van der Waals surface area (Å²) >= 11 is 0. The van der Waals surface area contributed by atoms with Gasteiger partial charge in [0.15, 0.2) is 5.58 Å². The lowest BCUT2D eigenvalue weighted by Gasteiger charge is -2.10. The van der Waals surface area contributed by atoms with Crippen LogP contribution in [0.4, 0.5) is 0 Å². The van der Waals surface area contributed by atoms with E-state index in [1.54, 1.807) is 4.57 Å². The molecule has 0 atom stereocenters. The average molecular weight is 582 g/mol. The predicted molar refractivity (Wildman–Crippen MR) is 186 cm³/mol. The Hall–Kier alpha value is -6.06. The maximum Gasteiger partial charge on any atom is 0.160 e. The largest absolute Gasteiger partial charge is 0.456 e. The Morgan fingerprint density at radius 2 is 1.02 bits per heavy atom. The fraction of sp³-hybridized carbons (Fsp3) is 0. The first-order chi connectivity index (χ1) is 24.8. The lowest BCUT2D eigenvalue weighted by atomic mass is 9.99. The quantitative estimate of drug-likeness (QED) is 0.208. The van der Waals surface area contributed by atoms with E-state index in [1.807, 2.05) is 72.8 Å². The summed E-state index contributed by atoms with van der Waals surface area (Å²) in [6.45, 7) is 0. The molecule has 0 aliphatic rings. The zero-order valence-corrected chi connectivity index (χ0v) is 23.7. The molecule has 0 saturated carbocycles. The molecule has 0 spiro atoms. The standard InChI is InChI=1S/C42H25NO2/c1-4-10-37-31(7-1)34-22-23-35-32-8-2-6-12-39(32)45-42(35)41(34)43(37)30-20-17-27(18-21-30)26-13-15-28(16-14-26)29-19-24-40-36(25-29)33-9-3-5-11-38(33)44-40/h1-25H/i1D,4D,7D,10D,22D,23D. The van der Waals surface area contributed by atoms with Gasteiger partial charge in [-0.15, -0.1) is 0 Å². The minimum Gasteiger partial charge on any atom is -0.456 e. The van der Waals surface area contributed by atoms with Crippen LogP contribution in [0.2, 0.25) is 0 Å². The highest BCUT2D eigenvalue weighted by atomic mass is 16.3. The molecule has 3 heterocycles. The summed E-state index contributed by atoms with van der Waals surface area (Å²) in [7, 11) is 0. The van der Waals surface area contributed by atoms with Crippen LogP contribution < -0.4 is 0 Å². The summed E-state index contributed by atoms with van der Waals surface area (Å²) in [6.07, 6.45) is 0. The van der Waals surface area contributed by atoms with Crippen molar-refractivity contribution in [3.05, 3.63) is 152 Å². The van der Waals surface area contributed by atoms with Gasteiger partial charge in [0.1, 0.15) is 16.7 Å². The maximum atomic E-state index is 9.13. The molecular formula is C42H25NO2. The number of aromatic nitrogens is 1. The Bertz CT molecular complexity index is 3080. The van der Waals surface area contributed by atoms with Crippen LogP contribution in [0.3, 0.4) is 0 Å². The third-order valence-electron chi connectivity index (χ3n) is 8.78. The summed E-state index contributed by atoms with van der Waals surface area (Å²) in [6, 6.07) is 36.4. The molecule has 45 heavy (non-hydrogen) atoms. The van der Waals surface area contributed by atoms with E-state index < -0.39 is 0 Å². The second kappa shape index (κ2) is 9.22. The van der Waals surface area contributed by atoms with Crippen LogP contribution in [0.25, 0.3) is 93.6 Å². The Labute approximate surface area is 266 Å². The summed E-state index contributed by atoms with van der Waals surface area (Å²) in [5.74, 6) is 0. The van der Waals surface area contributed by atoms with Gasteiger partial charge in [0.05, 0.1) is 19.3 Å². The highest BCUT2D eigenvalue weighted by Gasteiger charge is 2.18. The van der Waals surface area contributed by atoms with Gasteiger partial charge >= 0.3 is 0 Å². The topological polar surface area (TPSA) is 31.2 Å². The number of fused-ring (bicyclic) bond motifs is 10. The Morgan fingerprint density at radius 1 is 0.444 bits per heavy atom. The van der Waals surface area contributed by atoms with E-state index in [0.29, 0.717) is 33.1 Å². The molecule has 3 aromatic heterocycles. The molecule has 3 nitrogen and oxygen atoms in total. The summed E-state index contributed by atoms with van der Waals surface area (Å²) < 4.78 is 67.1. The lowest BCUT2D eigenvalue weighted by Crippen LogP contribution is -1.94. The molecule has 10 aromatic rings. The first-order valence-electron chi connectivity index (χ1n) is 17.8. The minimum absolute atomic E-state index is 0.0502. The Morgan fingerprint density at radius 3 is 1.80 bits per heavy atom. The van der Waals surface area contributed by atoms with E-state index in [-0.39, 0.29) is 52.5 Å². The highest BCUT2D eigenvalue weighted by Crippen LogP contribution is 2.40. The number of hydrogen-bond donors (Lipinski definition) is 0. The van der Waals surface area contributed by atoms with Crippen molar-refractivity contribution >= 4 is 65.7 Å². The van der Waals surface area contributed by atoms with Crippen molar-refractivity contribution in [3.63, 3.8) is 0 Å². The second-order valence-corrected chi connectivity index (χ2v) is 11.3. The minimum atomic E-state index is -0.390. The first-order valence-corrected chi connectivity index (χ1v) is 14.8. The fourth-order valence-electron chi connectivity index (χ4n) is 6.62. The molecule has 0 aliphatic carbocycles. The van der Waals surface area contributed by atoms with Crippen LogP contribution >= 0.6 is 0 Å². The van der Waals surface area contributed by atoms with Crippen molar-refractivity contribution in [2.24, 2.45) is 0 Å². The molecule has 0 bridgehead atoms. The van der Waals surface area contributed by atoms with E-state index in [9.17, 15) is 0 Å². The summed E-state index contributed by atoms with van der Waals surface area (Å²) in [5.41, 5.74) is 8.10. The van der Waals surface area contributed by atoms with Crippen molar-refractivity contribution in [3.8, 4) is 27.9 Å². The predicted octanol–water partition coefficient (Wildman–Crippen LogP) is 11.9. The lowest BCUT2D eigenvalue weighted by molar-refractivity contribution is 0.669. The van der Waals surface area contributed by atoms with Crippen LogP contribution in [-0.2, 0) is 0 Å². The van der Waals surface area contributed by atoms with E-state index in [0.717, 1.165) is 44.2 Å². The normalized spacial score (nSPS) is 13.9. The summed E-state index contributed by atoms with van der Waals surface area (Å²) in [5, 5.41) is 3.78. The van der Waals surface area contributed by atoms with Gasteiger partial charge < -0.3 is 13.4 Å². The second-order valence-electron chi connectivity index (χ2n) is 11.3. The number of rotatable bonds is 3. The van der Waals surface area contributed by atoms with Gasteiger partial charge in [-0.25, -0.2) is 0 Å². The molecule has 7 aromatic carbocycles. The van der Waals surface area contributed by atoms with Gasteiger partial charge in [-0.1, -0.05) is 103 Å². The molecule has 0 radical (unpaired) electrons. The van der Waals surface area contributed by atoms with E-state index in [4.69, 9.17) is 17.1 Å². The van der Waals surface area contributed by atoms with Crippen molar-refractivity contribution in [2.75, 3.05) is 0 Å². The van der Waals surface area contributed by atoms with Gasteiger partial charge in [0, 0.05) is 38.0 Å². The molecule has 0 amide bonds. The average Bonchev–Trinajstić information content (AvgIpc) is 3.85. The van der Waals surface area contributed by atoms with Crippen molar-refractivity contribution in [2.45, 2.75) is 0 Å². The van der Waals surface area contributed by atoms with Crippen LogP contribution in [0.1, 0.15) is 8.22 Å².